The van der Waals surface area contributed by atoms with Crippen molar-refractivity contribution in [3.8, 4) is 0 Å². The van der Waals surface area contributed by atoms with E-state index in [1.54, 1.807) is 11.8 Å². The predicted octanol–water partition coefficient (Wildman–Crippen LogP) is 4.60. The molecule has 2 aliphatic heterocycles. The van der Waals surface area contributed by atoms with Crippen molar-refractivity contribution >= 4 is 34.9 Å². The third kappa shape index (κ3) is 3.11. The first-order chi connectivity index (χ1) is 11.2. The number of hydrogen-bond acceptors (Lipinski definition) is 4. The monoisotopic (exact) mass is 344 g/mol. The van der Waals surface area contributed by atoms with Crippen LogP contribution < -0.4 is 0 Å². The van der Waals surface area contributed by atoms with Crippen LogP contribution in [0.5, 0.6) is 0 Å². The van der Waals surface area contributed by atoms with Crippen molar-refractivity contribution in [2.24, 2.45) is 4.99 Å². The fourth-order valence-corrected chi connectivity index (χ4v) is 4.09. The van der Waals surface area contributed by atoms with Gasteiger partial charge < -0.3 is 9.64 Å². The van der Waals surface area contributed by atoms with Crippen molar-refractivity contribution < 1.29 is 4.74 Å². The number of aliphatic imine (C=N–C) groups is 1. The molecule has 0 aromatic heterocycles. The van der Waals surface area contributed by atoms with Gasteiger partial charge in [-0.25, -0.2) is 4.99 Å². The standard InChI is InChI=1S/C18H17ClN2OS/c1-21-9-8-13(11-21)22-18-14-10-12(19)6-7-16(14)23-17-5-3-2-4-15(17)20-18/h2-7,10,13H,8-9,11H2,1H3. The number of fused-ring (bicyclic) bond motifs is 2. The Kier molecular flexibility index (Phi) is 4.05. The van der Waals surface area contributed by atoms with Gasteiger partial charge in [-0.15, -0.1) is 0 Å². The van der Waals surface area contributed by atoms with Gasteiger partial charge in [0.2, 0.25) is 5.90 Å². The molecule has 2 heterocycles. The van der Waals surface area contributed by atoms with Crippen molar-refractivity contribution in [1.29, 1.82) is 0 Å². The maximum absolute atomic E-state index is 6.28. The molecule has 1 fully saturated rings. The van der Waals surface area contributed by atoms with E-state index in [9.17, 15) is 0 Å². The summed E-state index contributed by atoms with van der Waals surface area (Å²) in [6.07, 6.45) is 1.21. The fraction of sp³-hybridized carbons (Fsp3) is 0.278. The number of halogens is 1. The second-order valence-corrected chi connectivity index (χ2v) is 7.44. The van der Waals surface area contributed by atoms with E-state index in [2.05, 4.69) is 18.0 Å². The van der Waals surface area contributed by atoms with E-state index in [4.69, 9.17) is 21.3 Å². The third-order valence-electron chi connectivity index (χ3n) is 4.11. The van der Waals surface area contributed by atoms with Gasteiger partial charge in [0.05, 0.1) is 11.3 Å². The fourth-order valence-electron chi connectivity index (χ4n) is 2.92. The maximum Gasteiger partial charge on any atom is 0.222 e. The highest BCUT2D eigenvalue weighted by Crippen LogP contribution is 2.41. The number of para-hydroxylation sites is 1. The minimum Gasteiger partial charge on any atom is -0.472 e. The van der Waals surface area contributed by atoms with Crippen LogP contribution in [0.15, 0.2) is 57.2 Å². The molecule has 0 aliphatic carbocycles. The molecule has 0 amide bonds. The van der Waals surface area contributed by atoms with Crippen LogP contribution in [-0.4, -0.2) is 37.0 Å². The molecule has 3 nitrogen and oxygen atoms in total. The number of ether oxygens (including phenoxy) is 1. The summed E-state index contributed by atoms with van der Waals surface area (Å²) in [6, 6.07) is 14.1. The highest BCUT2D eigenvalue weighted by atomic mass is 35.5. The van der Waals surface area contributed by atoms with Gasteiger partial charge in [-0.05, 0) is 43.8 Å². The SMILES string of the molecule is CN1CCC(OC2=Nc3ccccc3Sc3ccc(Cl)cc32)C1. The van der Waals surface area contributed by atoms with Gasteiger partial charge in [-0.3, -0.25) is 0 Å². The molecule has 0 radical (unpaired) electrons. The summed E-state index contributed by atoms with van der Waals surface area (Å²) >= 11 is 7.93. The first-order valence-electron chi connectivity index (χ1n) is 7.70. The smallest absolute Gasteiger partial charge is 0.222 e. The Hall–Kier alpha value is -1.49. The topological polar surface area (TPSA) is 24.8 Å². The zero-order valence-electron chi connectivity index (χ0n) is 12.8. The highest BCUT2D eigenvalue weighted by molar-refractivity contribution is 7.99. The molecule has 0 bridgehead atoms. The summed E-state index contributed by atoms with van der Waals surface area (Å²) in [5, 5.41) is 0.704. The molecule has 0 spiro atoms. The second kappa shape index (κ2) is 6.19. The molecule has 1 saturated heterocycles. The Bertz CT molecular complexity index is 777. The van der Waals surface area contributed by atoms with Gasteiger partial charge in [0.15, 0.2) is 0 Å². The normalized spacial score (nSPS) is 20.4. The molecule has 1 unspecified atom stereocenters. The number of rotatable bonds is 1. The van der Waals surface area contributed by atoms with Crippen LogP contribution >= 0.6 is 23.4 Å². The van der Waals surface area contributed by atoms with Crippen molar-refractivity contribution in [3.05, 3.63) is 53.1 Å². The lowest BCUT2D eigenvalue weighted by Gasteiger charge is -2.16. The Morgan fingerprint density at radius 3 is 2.91 bits per heavy atom. The number of nitrogens with zero attached hydrogens (tertiary/aromatic N) is 2. The summed E-state index contributed by atoms with van der Waals surface area (Å²) in [4.78, 5) is 9.35. The molecule has 23 heavy (non-hydrogen) atoms. The van der Waals surface area contributed by atoms with E-state index in [1.165, 1.54) is 0 Å². The molecule has 0 saturated carbocycles. The number of hydrogen-bond donors (Lipinski definition) is 0. The first kappa shape index (κ1) is 15.1. The molecule has 1 atom stereocenters. The molecule has 0 N–H and O–H groups in total. The molecule has 4 rings (SSSR count). The summed E-state index contributed by atoms with van der Waals surface area (Å²) in [6.45, 7) is 2.00. The lowest BCUT2D eigenvalue weighted by Crippen LogP contribution is -2.22. The van der Waals surface area contributed by atoms with E-state index in [0.717, 1.165) is 40.6 Å². The van der Waals surface area contributed by atoms with Crippen LogP contribution in [0, 0.1) is 0 Å². The average molecular weight is 345 g/mol. The molecule has 118 valence electrons. The minimum atomic E-state index is 0.181. The van der Waals surface area contributed by atoms with Gasteiger partial charge in [0, 0.05) is 27.9 Å². The van der Waals surface area contributed by atoms with Gasteiger partial charge >= 0.3 is 0 Å². The van der Waals surface area contributed by atoms with Crippen molar-refractivity contribution in [1.82, 2.24) is 4.90 Å². The van der Waals surface area contributed by atoms with Gasteiger partial charge in [0.1, 0.15) is 6.10 Å². The largest absolute Gasteiger partial charge is 0.472 e. The van der Waals surface area contributed by atoms with Crippen molar-refractivity contribution in [2.75, 3.05) is 20.1 Å². The molecule has 5 heteroatoms. The quantitative estimate of drug-likeness (QED) is 0.755. The lowest BCUT2D eigenvalue weighted by molar-refractivity contribution is 0.196. The van der Waals surface area contributed by atoms with E-state index >= 15 is 0 Å². The van der Waals surface area contributed by atoms with Crippen LogP contribution in [-0.2, 0) is 4.74 Å². The second-order valence-electron chi connectivity index (χ2n) is 5.92. The number of likely N-dealkylation sites (tertiary alicyclic amines) is 1. The molecule has 2 aromatic carbocycles. The highest BCUT2D eigenvalue weighted by Gasteiger charge is 2.26. The van der Waals surface area contributed by atoms with Crippen LogP contribution in [0.1, 0.15) is 12.0 Å². The predicted molar refractivity (Wildman–Crippen MR) is 95.2 cm³/mol. The van der Waals surface area contributed by atoms with Crippen molar-refractivity contribution in [2.45, 2.75) is 22.3 Å². The van der Waals surface area contributed by atoms with E-state index < -0.39 is 0 Å². The minimum absolute atomic E-state index is 0.181. The lowest BCUT2D eigenvalue weighted by atomic mass is 10.2. The maximum atomic E-state index is 6.28. The summed E-state index contributed by atoms with van der Waals surface area (Å²) in [5.41, 5.74) is 1.93. The Morgan fingerprint density at radius 2 is 2.09 bits per heavy atom. The number of likely N-dealkylation sites (N-methyl/N-ethyl adjacent to an activating group) is 1. The Morgan fingerprint density at radius 1 is 1.22 bits per heavy atom. The van der Waals surface area contributed by atoms with Crippen LogP contribution in [0.25, 0.3) is 0 Å². The summed E-state index contributed by atoms with van der Waals surface area (Å²) in [5.74, 6) is 0.681. The number of benzene rings is 2. The third-order valence-corrected chi connectivity index (χ3v) is 5.48. The zero-order chi connectivity index (χ0) is 15.8. The summed E-state index contributed by atoms with van der Waals surface area (Å²) < 4.78 is 6.28. The van der Waals surface area contributed by atoms with E-state index in [1.807, 2.05) is 36.4 Å². The van der Waals surface area contributed by atoms with Crippen LogP contribution in [0.2, 0.25) is 5.02 Å². The molecule has 2 aromatic rings. The van der Waals surface area contributed by atoms with E-state index in [-0.39, 0.29) is 6.10 Å². The first-order valence-corrected chi connectivity index (χ1v) is 8.89. The summed E-state index contributed by atoms with van der Waals surface area (Å²) in [7, 11) is 2.12. The average Bonchev–Trinajstić information content (AvgIpc) is 2.88. The molecular formula is C18H17ClN2OS. The zero-order valence-corrected chi connectivity index (χ0v) is 14.4. The van der Waals surface area contributed by atoms with Crippen LogP contribution in [0.3, 0.4) is 0 Å². The van der Waals surface area contributed by atoms with Crippen molar-refractivity contribution in [3.63, 3.8) is 0 Å². The Labute approximate surface area is 145 Å². The van der Waals surface area contributed by atoms with Gasteiger partial charge in [-0.2, -0.15) is 0 Å². The molecular weight excluding hydrogens is 328 g/mol. The molecule has 2 aliphatic rings. The van der Waals surface area contributed by atoms with E-state index in [0.29, 0.717) is 10.9 Å². The van der Waals surface area contributed by atoms with Gasteiger partial charge in [-0.1, -0.05) is 35.5 Å². The Balaban J connectivity index is 1.77. The van der Waals surface area contributed by atoms with Gasteiger partial charge in [0.25, 0.3) is 0 Å². The van der Waals surface area contributed by atoms with Crippen LogP contribution in [0.4, 0.5) is 5.69 Å².